The summed E-state index contributed by atoms with van der Waals surface area (Å²) in [5.74, 6) is 0.953. The van der Waals surface area contributed by atoms with Gasteiger partial charge in [-0.1, -0.05) is 44.2 Å². The molecule has 5 rings (SSSR count). The van der Waals surface area contributed by atoms with Crippen LogP contribution in [-0.4, -0.2) is 52.2 Å². The minimum Gasteiger partial charge on any atom is -0.400 e. The first-order valence-corrected chi connectivity index (χ1v) is 12.7. The molecule has 2 fully saturated rings. The number of benzene rings is 1. The van der Waals surface area contributed by atoms with Gasteiger partial charge in [-0.15, -0.1) is 0 Å². The van der Waals surface area contributed by atoms with E-state index in [-0.39, 0.29) is 11.4 Å². The number of aromatic nitrogens is 2. The molecule has 1 aromatic carbocycles. The van der Waals surface area contributed by atoms with Crippen LogP contribution in [-0.2, 0) is 28.0 Å². The third kappa shape index (κ3) is 5.94. The average molecular weight is 469 g/mol. The number of anilines is 1. The van der Waals surface area contributed by atoms with Crippen molar-refractivity contribution in [2.24, 2.45) is 0 Å². The zero-order valence-electron chi connectivity index (χ0n) is 20.9. The second-order valence-electron chi connectivity index (χ2n) is 9.04. The predicted molar refractivity (Wildman–Crippen MR) is 134 cm³/mol. The van der Waals surface area contributed by atoms with Crippen molar-refractivity contribution in [2.75, 3.05) is 25.6 Å². The fraction of sp³-hybridized carbons (Fsp3) is 0.593. The predicted octanol–water partition coefficient (Wildman–Crippen LogP) is 4.45. The number of ether oxygens (including phenoxy) is 1. The number of carbonyl (C=O) groups excluding carboxylic acids is 1. The van der Waals surface area contributed by atoms with Crippen LogP contribution in [0.1, 0.15) is 75.6 Å². The summed E-state index contributed by atoms with van der Waals surface area (Å²) < 4.78 is 5.40. The normalized spacial score (nSPS) is 18.1. The van der Waals surface area contributed by atoms with Crippen molar-refractivity contribution in [3.8, 4) is 0 Å². The van der Waals surface area contributed by atoms with E-state index in [1.165, 1.54) is 17.5 Å². The first-order valence-electron chi connectivity index (χ1n) is 12.7. The van der Waals surface area contributed by atoms with Gasteiger partial charge in [-0.3, -0.25) is 4.79 Å². The number of nitrogens with zero attached hydrogens (tertiary/aromatic N) is 3. The van der Waals surface area contributed by atoms with E-state index in [4.69, 9.17) is 14.8 Å². The van der Waals surface area contributed by atoms with Crippen LogP contribution in [0.3, 0.4) is 0 Å². The Hall–Kier alpha value is -2.51. The molecule has 1 aliphatic carbocycles. The van der Waals surface area contributed by atoms with Crippen LogP contribution in [0.15, 0.2) is 36.5 Å². The number of aliphatic hydroxyl groups is 1. The number of aliphatic hydroxyl groups excluding tert-OH is 1. The molecule has 2 aromatic rings. The summed E-state index contributed by atoms with van der Waals surface area (Å²) in [5.41, 5.74) is 3.51. The molecule has 1 saturated heterocycles. The van der Waals surface area contributed by atoms with E-state index in [9.17, 15) is 4.79 Å². The molecule has 1 amide bonds. The fourth-order valence-corrected chi connectivity index (χ4v) is 4.91. The fourth-order valence-electron chi connectivity index (χ4n) is 4.91. The lowest BCUT2D eigenvalue weighted by molar-refractivity contribution is -0.141. The van der Waals surface area contributed by atoms with Crippen molar-refractivity contribution in [3.63, 3.8) is 0 Å². The molecule has 34 heavy (non-hydrogen) atoms. The average Bonchev–Trinajstić information content (AvgIpc) is 3.22. The molecule has 2 aliphatic heterocycles. The summed E-state index contributed by atoms with van der Waals surface area (Å²) >= 11 is 0. The Kier molecular flexibility index (Phi) is 9.84. The van der Waals surface area contributed by atoms with Gasteiger partial charge in [0.2, 0.25) is 11.9 Å². The molecule has 0 bridgehead atoms. The standard InChI is InChI=1S/C18H26N4O2.C8H10.CH4O/c1-2-4-16(23)22-12-15-14(18(22)7-3-8-18)11-19-17(21-15)20-13-5-9-24-10-6-13;1-2-8-6-4-3-5-7-8;1-2/h11,13H,2-10,12H2,1H3,(H,19,20,21);3-7H,2H2,1H3;2H,1H3. The van der Waals surface area contributed by atoms with Gasteiger partial charge in [0, 0.05) is 44.5 Å². The number of hydrogen-bond acceptors (Lipinski definition) is 6. The largest absolute Gasteiger partial charge is 0.400 e. The summed E-state index contributed by atoms with van der Waals surface area (Å²) in [6.07, 6.45) is 9.87. The molecule has 7 heteroatoms. The summed E-state index contributed by atoms with van der Waals surface area (Å²) in [7, 11) is 1.00. The van der Waals surface area contributed by atoms with Gasteiger partial charge in [0.05, 0.1) is 17.8 Å². The topological polar surface area (TPSA) is 87.6 Å². The molecule has 1 aromatic heterocycles. The highest BCUT2D eigenvalue weighted by atomic mass is 16.5. The Labute approximate surface area is 204 Å². The molecule has 3 heterocycles. The first kappa shape index (κ1) is 26.1. The van der Waals surface area contributed by atoms with E-state index in [1.54, 1.807) is 0 Å². The van der Waals surface area contributed by atoms with Gasteiger partial charge in [0.25, 0.3) is 0 Å². The van der Waals surface area contributed by atoms with Crippen molar-refractivity contribution in [2.45, 2.75) is 83.3 Å². The number of hydrogen-bond donors (Lipinski definition) is 2. The highest BCUT2D eigenvalue weighted by Crippen LogP contribution is 2.52. The minimum absolute atomic E-state index is 0.112. The van der Waals surface area contributed by atoms with Gasteiger partial charge in [-0.25, -0.2) is 9.97 Å². The smallest absolute Gasteiger partial charge is 0.223 e. The molecule has 0 unspecified atom stereocenters. The second kappa shape index (κ2) is 12.8. The van der Waals surface area contributed by atoms with Crippen LogP contribution >= 0.6 is 0 Å². The van der Waals surface area contributed by atoms with Crippen LogP contribution in [0, 0.1) is 0 Å². The molecular weight excluding hydrogens is 428 g/mol. The summed E-state index contributed by atoms with van der Waals surface area (Å²) in [6, 6.07) is 10.8. The maximum absolute atomic E-state index is 12.6. The van der Waals surface area contributed by atoms with E-state index in [1.807, 2.05) is 12.3 Å². The summed E-state index contributed by atoms with van der Waals surface area (Å²) in [5, 5.41) is 10.4. The van der Waals surface area contributed by atoms with Gasteiger partial charge in [-0.05, 0) is 50.5 Å². The minimum atomic E-state index is -0.112. The number of fused-ring (bicyclic) bond motifs is 2. The second-order valence-corrected chi connectivity index (χ2v) is 9.04. The highest BCUT2D eigenvalue weighted by Gasteiger charge is 2.52. The Morgan fingerprint density at radius 2 is 1.88 bits per heavy atom. The zero-order chi connectivity index (χ0) is 24.4. The van der Waals surface area contributed by atoms with Crippen LogP contribution in [0.4, 0.5) is 5.95 Å². The molecule has 0 atom stereocenters. The number of rotatable bonds is 5. The Bertz CT molecular complexity index is 896. The Morgan fingerprint density at radius 1 is 1.18 bits per heavy atom. The third-order valence-corrected chi connectivity index (χ3v) is 6.94. The molecule has 7 nitrogen and oxygen atoms in total. The van der Waals surface area contributed by atoms with Gasteiger partial charge in [0.1, 0.15) is 0 Å². The van der Waals surface area contributed by atoms with Crippen molar-refractivity contribution in [1.82, 2.24) is 14.9 Å². The van der Waals surface area contributed by atoms with Crippen LogP contribution in [0.2, 0.25) is 0 Å². The van der Waals surface area contributed by atoms with Gasteiger partial charge < -0.3 is 20.1 Å². The Morgan fingerprint density at radius 3 is 2.44 bits per heavy atom. The molecule has 2 N–H and O–H groups in total. The number of carbonyl (C=O) groups is 1. The lowest BCUT2D eigenvalue weighted by Crippen LogP contribution is -2.49. The SMILES string of the molecule is CCCC(=O)N1Cc2nc(NC3CCOCC3)ncc2C12CCC2.CCc1ccccc1.CO. The van der Waals surface area contributed by atoms with Crippen LogP contribution in [0.5, 0.6) is 0 Å². The molecule has 186 valence electrons. The lowest BCUT2D eigenvalue weighted by atomic mass is 9.72. The van der Waals surface area contributed by atoms with Crippen molar-refractivity contribution in [3.05, 3.63) is 53.3 Å². The van der Waals surface area contributed by atoms with Crippen molar-refractivity contribution in [1.29, 1.82) is 0 Å². The number of amides is 1. The highest BCUT2D eigenvalue weighted by molar-refractivity contribution is 5.78. The van der Waals surface area contributed by atoms with Gasteiger partial charge in [0.15, 0.2) is 0 Å². The van der Waals surface area contributed by atoms with E-state index < -0.39 is 0 Å². The molecule has 3 aliphatic rings. The van der Waals surface area contributed by atoms with Crippen molar-refractivity contribution >= 4 is 11.9 Å². The van der Waals surface area contributed by atoms with E-state index in [0.29, 0.717) is 25.0 Å². The molecule has 1 saturated carbocycles. The first-order chi connectivity index (χ1) is 16.7. The van der Waals surface area contributed by atoms with Crippen molar-refractivity contribution < 1.29 is 14.6 Å². The van der Waals surface area contributed by atoms with E-state index >= 15 is 0 Å². The van der Waals surface area contributed by atoms with E-state index in [0.717, 1.165) is 64.5 Å². The number of aryl methyl sites for hydroxylation is 1. The number of nitrogens with one attached hydrogen (secondary N) is 1. The molecular formula is C27H40N4O3. The molecule has 1 spiro atoms. The van der Waals surface area contributed by atoms with Crippen LogP contribution in [0.25, 0.3) is 0 Å². The zero-order valence-corrected chi connectivity index (χ0v) is 20.9. The maximum Gasteiger partial charge on any atom is 0.223 e. The maximum atomic E-state index is 12.6. The Balaban J connectivity index is 0.000000274. The van der Waals surface area contributed by atoms with Crippen LogP contribution < -0.4 is 5.32 Å². The third-order valence-electron chi connectivity index (χ3n) is 6.94. The van der Waals surface area contributed by atoms with Gasteiger partial charge >= 0.3 is 0 Å². The summed E-state index contributed by atoms with van der Waals surface area (Å²) in [6.45, 7) is 6.45. The van der Waals surface area contributed by atoms with Gasteiger partial charge in [-0.2, -0.15) is 0 Å². The quantitative estimate of drug-likeness (QED) is 0.674. The lowest BCUT2D eigenvalue weighted by Gasteiger charge is -2.46. The monoisotopic (exact) mass is 468 g/mol. The summed E-state index contributed by atoms with van der Waals surface area (Å²) in [4.78, 5) is 24.0. The molecule has 0 radical (unpaired) electrons. The van der Waals surface area contributed by atoms with E-state index in [2.05, 4.69) is 53.3 Å².